The molecule has 0 aromatic rings. The Balaban J connectivity index is 2.67. The van der Waals surface area contributed by atoms with Gasteiger partial charge in [-0.15, -0.1) is 0 Å². The van der Waals surface area contributed by atoms with E-state index in [1.54, 1.807) is 6.92 Å². The van der Waals surface area contributed by atoms with Crippen LogP contribution in [0.1, 0.15) is 27.7 Å². The molecule has 2 unspecified atom stereocenters. The summed E-state index contributed by atoms with van der Waals surface area (Å²) in [5, 5.41) is 9.98. The second-order valence-corrected chi connectivity index (χ2v) is 7.53. The van der Waals surface area contributed by atoms with Crippen LogP contribution in [0.5, 0.6) is 0 Å². The monoisotopic (exact) mass is 282 g/mol. The van der Waals surface area contributed by atoms with Crippen LogP contribution in [0.2, 0.25) is 0 Å². The van der Waals surface area contributed by atoms with E-state index >= 15 is 0 Å². The molecule has 6 nitrogen and oxygen atoms in total. The van der Waals surface area contributed by atoms with Crippen LogP contribution in [0, 0.1) is 0 Å². The van der Waals surface area contributed by atoms with Crippen molar-refractivity contribution in [2.75, 3.05) is 13.3 Å². The number of aliphatic hydroxyl groups is 1. The summed E-state index contributed by atoms with van der Waals surface area (Å²) in [4.78, 5) is 9.10. The van der Waals surface area contributed by atoms with Crippen molar-refractivity contribution in [2.24, 2.45) is 0 Å². The highest BCUT2D eigenvalue weighted by atomic mass is 31.2. The van der Waals surface area contributed by atoms with E-state index in [4.69, 9.17) is 18.9 Å². The maximum atomic E-state index is 11.1. The highest BCUT2D eigenvalue weighted by molar-refractivity contribution is 7.51. The van der Waals surface area contributed by atoms with Crippen molar-refractivity contribution >= 4 is 7.60 Å². The van der Waals surface area contributed by atoms with Gasteiger partial charge >= 0.3 is 7.60 Å². The summed E-state index contributed by atoms with van der Waals surface area (Å²) in [6, 6.07) is 0. The molecule has 0 saturated carbocycles. The lowest BCUT2D eigenvalue weighted by Crippen LogP contribution is -2.41. The van der Waals surface area contributed by atoms with Crippen LogP contribution in [-0.2, 0) is 18.6 Å². The van der Waals surface area contributed by atoms with Gasteiger partial charge in [-0.1, -0.05) is 0 Å². The quantitative estimate of drug-likeness (QED) is 0.752. The molecule has 0 spiro atoms. The van der Waals surface area contributed by atoms with Gasteiger partial charge in [-0.05, 0) is 27.7 Å². The van der Waals surface area contributed by atoms with Crippen molar-refractivity contribution in [3.63, 3.8) is 0 Å². The van der Waals surface area contributed by atoms with Crippen molar-refractivity contribution in [1.82, 2.24) is 0 Å². The molecule has 1 saturated heterocycles. The summed E-state index contributed by atoms with van der Waals surface area (Å²) in [6.45, 7) is 8.38. The summed E-state index contributed by atoms with van der Waals surface area (Å²) < 4.78 is 27.2. The Hall–Kier alpha value is 0.0300. The van der Waals surface area contributed by atoms with Crippen LogP contribution in [0.15, 0.2) is 0 Å². The lowest BCUT2D eigenvalue weighted by Gasteiger charge is -2.29. The van der Waals surface area contributed by atoms with Crippen LogP contribution >= 0.6 is 7.60 Å². The third kappa shape index (κ3) is 4.96. The average Bonchev–Trinajstić information content (AvgIpc) is 2.39. The topological polar surface area (TPSA) is 85.2 Å². The number of ether oxygens (including phenoxy) is 2. The molecule has 1 rings (SSSR count). The van der Waals surface area contributed by atoms with E-state index in [-0.39, 0.29) is 12.7 Å². The molecule has 108 valence electrons. The molecule has 0 aromatic carbocycles. The van der Waals surface area contributed by atoms with Gasteiger partial charge in [0.05, 0.1) is 18.3 Å². The van der Waals surface area contributed by atoms with Crippen molar-refractivity contribution < 1.29 is 28.6 Å². The molecule has 1 fully saturated rings. The van der Waals surface area contributed by atoms with E-state index in [9.17, 15) is 9.67 Å². The Kier molecular flexibility index (Phi) is 4.98. The van der Waals surface area contributed by atoms with Crippen molar-refractivity contribution in [1.29, 1.82) is 0 Å². The molecular weight excluding hydrogens is 259 g/mol. The van der Waals surface area contributed by atoms with E-state index in [0.717, 1.165) is 6.66 Å². The Bertz CT molecular complexity index is 320. The first-order valence-corrected chi connectivity index (χ1v) is 7.98. The summed E-state index contributed by atoms with van der Waals surface area (Å²) in [6.07, 6.45) is -2.27. The molecule has 2 N–H and O–H groups in total. The zero-order chi connectivity index (χ0) is 14.1. The van der Waals surface area contributed by atoms with E-state index in [2.05, 4.69) is 0 Å². The molecule has 18 heavy (non-hydrogen) atoms. The molecule has 1 heterocycles. The van der Waals surface area contributed by atoms with Crippen LogP contribution in [-0.4, -0.2) is 53.3 Å². The van der Waals surface area contributed by atoms with E-state index in [1.165, 1.54) is 0 Å². The average molecular weight is 282 g/mol. The highest BCUT2D eigenvalue weighted by Gasteiger charge is 2.44. The summed E-state index contributed by atoms with van der Waals surface area (Å²) in [5.41, 5.74) is -0.438. The smallest absolute Gasteiger partial charge is 0.325 e. The molecule has 0 amide bonds. The van der Waals surface area contributed by atoms with E-state index in [0.29, 0.717) is 0 Å². The van der Waals surface area contributed by atoms with E-state index in [1.807, 2.05) is 20.8 Å². The zero-order valence-electron chi connectivity index (χ0n) is 11.5. The Morgan fingerprint density at radius 1 is 1.39 bits per heavy atom. The summed E-state index contributed by atoms with van der Waals surface area (Å²) in [5.74, 6) is 0. The number of aliphatic hydroxyl groups excluding tert-OH is 1. The fourth-order valence-electron chi connectivity index (χ4n) is 1.82. The van der Waals surface area contributed by atoms with Gasteiger partial charge in [-0.25, -0.2) is 0 Å². The van der Waals surface area contributed by atoms with Crippen LogP contribution in [0.25, 0.3) is 0 Å². The lowest BCUT2D eigenvalue weighted by atomic mass is 10.1. The minimum Gasteiger partial charge on any atom is -0.388 e. The van der Waals surface area contributed by atoms with Crippen LogP contribution in [0.3, 0.4) is 0 Å². The van der Waals surface area contributed by atoms with Gasteiger partial charge in [-0.2, -0.15) is 0 Å². The van der Waals surface area contributed by atoms with Gasteiger partial charge in [0.15, 0.2) is 0 Å². The predicted molar refractivity (Wildman–Crippen MR) is 66.7 cm³/mol. The SMILES string of the molecule is C[C@@H]1O[C@H](COP(C)(=O)O)[C@H](OC(C)(C)C)C1O. The van der Waals surface area contributed by atoms with Gasteiger partial charge in [0.1, 0.15) is 18.3 Å². The molecule has 0 aliphatic carbocycles. The van der Waals surface area contributed by atoms with Gasteiger partial charge in [0, 0.05) is 6.66 Å². The fourth-order valence-corrected chi connectivity index (χ4v) is 2.24. The number of hydrogen-bond acceptors (Lipinski definition) is 5. The van der Waals surface area contributed by atoms with Gasteiger partial charge in [0.2, 0.25) is 0 Å². The first kappa shape index (κ1) is 16.1. The molecule has 5 atom stereocenters. The first-order valence-electron chi connectivity index (χ1n) is 5.96. The molecule has 7 heteroatoms. The minimum absolute atomic E-state index is 0.0770. The molecule has 1 aliphatic heterocycles. The second-order valence-electron chi connectivity index (χ2n) is 5.66. The molecule has 0 bridgehead atoms. The lowest BCUT2D eigenvalue weighted by molar-refractivity contribution is -0.118. The second kappa shape index (κ2) is 5.57. The van der Waals surface area contributed by atoms with Gasteiger partial charge < -0.3 is 24.0 Å². The Labute approximate surface area is 108 Å². The maximum absolute atomic E-state index is 11.1. The molecular formula is C11H23O6P. The third-order valence-corrected chi connectivity index (χ3v) is 3.17. The van der Waals surface area contributed by atoms with Crippen LogP contribution in [0.4, 0.5) is 0 Å². The Morgan fingerprint density at radius 2 is 1.94 bits per heavy atom. The van der Waals surface area contributed by atoms with Gasteiger partial charge in [-0.3, -0.25) is 4.57 Å². The maximum Gasteiger partial charge on any atom is 0.325 e. The van der Waals surface area contributed by atoms with Crippen molar-refractivity contribution in [2.45, 2.75) is 57.7 Å². The summed E-state index contributed by atoms with van der Waals surface area (Å²) >= 11 is 0. The normalized spacial score (nSPS) is 36.6. The predicted octanol–water partition coefficient (Wildman–Crippen LogP) is 1.15. The molecule has 0 aromatic heterocycles. The summed E-state index contributed by atoms with van der Waals surface area (Å²) in [7, 11) is -3.55. The Morgan fingerprint density at radius 3 is 2.39 bits per heavy atom. The van der Waals surface area contributed by atoms with Gasteiger partial charge in [0.25, 0.3) is 0 Å². The number of rotatable bonds is 4. The third-order valence-electron chi connectivity index (χ3n) is 2.54. The standard InChI is InChI=1S/C11H23O6P/c1-7-9(12)10(17-11(2,3)4)8(16-7)6-15-18(5,13)14/h7-10,12H,6H2,1-5H3,(H,13,14)/t7-,8+,9?,10-/m0/s1. The van der Waals surface area contributed by atoms with E-state index < -0.39 is 31.5 Å². The zero-order valence-corrected chi connectivity index (χ0v) is 12.4. The highest BCUT2D eigenvalue weighted by Crippen LogP contribution is 2.38. The molecule has 1 aliphatic rings. The first-order chi connectivity index (χ1) is 7.99. The van der Waals surface area contributed by atoms with Crippen molar-refractivity contribution in [3.05, 3.63) is 0 Å². The van der Waals surface area contributed by atoms with Crippen molar-refractivity contribution in [3.8, 4) is 0 Å². The fraction of sp³-hybridized carbons (Fsp3) is 1.00. The number of hydrogen-bond donors (Lipinski definition) is 2. The largest absolute Gasteiger partial charge is 0.388 e. The molecule has 0 radical (unpaired) electrons. The minimum atomic E-state index is -3.55. The van der Waals surface area contributed by atoms with Crippen LogP contribution < -0.4 is 0 Å².